The van der Waals surface area contributed by atoms with Crippen molar-refractivity contribution in [3.8, 4) is 0 Å². The summed E-state index contributed by atoms with van der Waals surface area (Å²) in [5.41, 5.74) is 0. The minimum absolute atomic E-state index is 0.151. The molecule has 16 heavy (non-hydrogen) atoms. The van der Waals surface area contributed by atoms with Crippen LogP contribution in [0.5, 0.6) is 0 Å². The molecule has 1 fully saturated rings. The molecule has 2 N–H and O–H groups in total. The first kappa shape index (κ1) is 13.5. The summed E-state index contributed by atoms with van der Waals surface area (Å²) in [6.07, 6.45) is 2.48. The smallest absolute Gasteiger partial charge is 0.234 e. The van der Waals surface area contributed by atoms with Gasteiger partial charge in [-0.2, -0.15) is 0 Å². The van der Waals surface area contributed by atoms with E-state index < -0.39 is 0 Å². The summed E-state index contributed by atoms with van der Waals surface area (Å²) in [4.78, 5) is 13.7. The van der Waals surface area contributed by atoms with E-state index in [1.54, 1.807) is 0 Å². The third kappa shape index (κ3) is 4.94. The molecular weight excluding hydrogens is 202 g/mol. The molecule has 1 heterocycles. The summed E-state index contributed by atoms with van der Waals surface area (Å²) < 4.78 is 0. The van der Waals surface area contributed by atoms with Crippen LogP contribution in [-0.2, 0) is 4.79 Å². The molecule has 1 saturated heterocycles. The number of carbonyl (C=O) groups is 1. The number of hydrogen-bond acceptors (Lipinski definition) is 3. The highest BCUT2D eigenvalue weighted by Crippen LogP contribution is 2.12. The summed E-state index contributed by atoms with van der Waals surface area (Å²) in [5.74, 6) is 0.911. The summed E-state index contributed by atoms with van der Waals surface area (Å²) in [6, 6.07) is 0. The Morgan fingerprint density at radius 3 is 2.62 bits per heavy atom. The Balaban J connectivity index is 2.27. The maximum Gasteiger partial charge on any atom is 0.234 e. The van der Waals surface area contributed by atoms with E-state index in [9.17, 15) is 4.79 Å². The van der Waals surface area contributed by atoms with Crippen molar-refractivity contribution in [1.29, 1.82) is 0 Å². The van der Waals surface area contributed by atoms with Gasteiger partial charge < -0.3 is 10.6 Å². The average molecular weight is 227 g/mol. The fourth-order valence-corrected chi connectivity index (χ4v) is 2.19. The van der Waals surface area contributed by atoms with E-state index >= 15 is 0 Å². The van der Waals surface area contributed by atoms with Gasteiger partial charge in [0.25, 0.3) is 0 Å². The van der Waals surface area contributed by atoms with Gasteiger partial charge in [-0.3, -0.25) is 9.69 Å². The molecule has 0 radical (unpaired) electrons. The van der Waals surface area contributed by atoms with E-state index in [0.29, 0.717) is 6.54 Å². The molecule has 0 spiro atoms. The maximum absolute atomic E-state index is 11.5. The van der Waals surface area contributed by atoms with E-state index in [1.165, 1.54) is 12.8 Å². The quantitative estimate of drug-likeness (QED) is 0.692. The number of rotatable bonds is 6. The van der Waals surface area contributed by atoms with Gasteiger partial charge in [0, 0.05) is 13.1 Å². The van der Waals surface area contributed by atoms with Crippen LogP contribution in [0.15, 0.2) is 0 Å². The molecule has 0 aromatic carbocycles. The number of hydrogen-bond donors (Lipinski definition) is 2. The third-order valence-electron chi connectivity index (χ3n) is 3.16. The maximum atomic E-state index is 11.5. The molecule has 0 atom stereocenters. The topological polar surface area (TPSA) is 44.4 Å². The van der Waals surface area contributed by atoms with Gasteiger partial charge in [-0.15, -0.1) is 0 Å². The number of carbonyl (C=O) groups excluding carboxylic acids is 1. The molecule has 4 nitrogen and oxygen atoms in total. The van der Waals surface area contributed by atoms with Crippen LogP contribution < -0.4 is 10.6 Å². The predicted molar refractivity (Wildman–Crippen MR) is 66.4 cm³/mol. The van der Waals surface area contributed by atoms with E-state index in [4.69, 9.17) is 0 Å². The summed E-state index contributed by atoms with van der Waals surface area (Å²) in [5, 5.41) is 6.22. The Hall–Kier alpha value is -0.610. The summed E-state index contributed by atoms with van der Waals surface area (Å²) in [7, 11) is 0. The van der Waals surface area contributed by atoms with Crippen molar-refractivity contribution in [2.24, 2.45) is 5.92 Å². The van der Waals surface area contributed by atoms with Gasteiger partial charge in [0.2, 0.25) is 5.91 Å². The van der Waals surface area contributed by atoms with Crippen LogP contribution in [0.3, 0.4) is 0 Å². The van der Waals surface area contributed by atoms with Crippen molar-refractivity contribution < 1.29 is 4.79 Å². The molecule has 1 aliphatic heterocycles. The normalized spacial score (nSPS) is 17.7. The molecule has 1 rings (SSSR count). The first-order valence-corrected chi connectivity index (χ1v) is 6.46. The van der Waals surface area contributed by atoms with Crippen LogP contribution in [0, 0.1) is 5.92 Å². The van der Waals surface area contributed by atoms with Crippen molar-refractivity contribution in [3.05, 3.63) is 0 Å². The van der Waals surface area contributed by atoms with E-state index in [0.717, 1.165) is 38.6 Å². The van der Waals surface area contributed by atoms with Crippen LogP contribution >= 0.6 is 0 Å². The van der Waals surface area contributed by atoms with Crippen LogP contribution in [-0.4, -0.2) is 50.1 Å². The van der Waals surface area contributed by atoms with E-state index in [-0.39, 0.29) is 5.91 Å². The van der Waals surface area contributed by atoms with Crippen LogP contribution in [0.2, 0.25) is 0 Å². The standard InChI is InChI=1S/C12H25N3O/c1-3-14-12(16)10-15(4-2)9-11-5-7-13-8-6-11/h11,13H,3-10H2,1-2H3,(H,14,16). The zero-order valence-corrected chi connectivity index (χ0v) is 10.6. The van der Waals surface area contributed by atoms with Gasteiger partial charge in [0.05, 0.1) is 6.54 Å². The lowest BCUT2D eigenvalue weighted by molar-refractivity contribution is -0.122. The van der Waals surface area contributed by atoms with Gasteiger partial charge in [-0.05, 0) is 45.3 Å². The molecule has 0 aliphatic carbocycles. The molecule has 1 amide bonds. The fraction of sp³-hybridized carbons (Fsp3) is 0.917. The lowest BCUT2D eigenvalue weighted by Gasteiger charge is -2.28. The minimum Gasteiger partial charge on any atom is -0.355 e. The predicted octanol–water partition coefficient (Wildman–Crippen LogP) is 0.444. The van der Waals surface area contributed by atoms with Gasteiger partial charge in [0.1, 0.15) is 0 Å². The number of likely N-dealkylation sites (N-methyl/N-ethyl adjacent to an activating group) is 2. The van der Waals surface area contributed by atoms with Gasteiger partial charge in [-0.25, -0.2) is 0 Å². The highest BCUT2D eigenvalue weighted by molar-refractivity contribution is 5.77. The first-order chi connectivity index (χ1) is 7.76. The molecule has 0 bridgehead atoms. The van der Waals surface area contributed by atoms with Crippen molar-refractivity contribution >= 4 is 5.91 Å². The lowest BCUT2D eigenvalue weighted by Crippen LogP contribution is -2.41. The SMILES string of the molecule is CCNC(=O)CN(CC)CC1CCNCC1. The molecule has 0 saturated carbocycles. The Kier molecular flexibility index (Phi) is 6.42. The van der Waals surface area contributed by atoms with Crippen LogP contribution in [0.25, 0.3) is 0 Å². The Bertz CT molecular complexity index is 202. The van der Waals surface area contributed by atoms with Crippen molar-refractivity contribution in [1.82, 2.24) is 15.5 Å². The summed E-state index contributed by atoms with van der Waals surface area (Å²) in [6.45, 7) is 9.64. The van der Waals surface area contributed by atoms with Crippen molar-refractivity contribution in [2.45, 2.75) is 26.7 Å². The van der Waals surface area contributed by atoms with E-state index in [1.807, 2.05) is 6.92 Å². The largest absolute Gasteiger partial charge is 0.355 e. The molecule has 4 heteroatoms. The molecule has 1 aliphatic rings. The molecule has 94 valence electrons. The highest BCUT2D eigenvalue weighted by Gasteiger charge is 2.17. The van der Waals surface area contributed by atoms with E-state index in [2.05, 4.69) is 22.5 Å². The molecular formula is C12H25N3O. The first-order valence-electron chi connectivity index (χ1n) is 6.46. The number of nitrogens with one attached hydrogen (secondary N) is 2. The Labute approximate surface area is 98.8 Å². The zero-order chi connectivity index (χ0) is 11.8. The Morgan fingerprint density at radius 2 is 2.06 bits per heavy atom. The van der Waals surface area contributed by atoms with Gasteiger partial charge >= 0.3 is 0 Å². The average Bonchev–Trinajstić information content (AvgIpc) is 2.30. The third-order valence-corrected chi connectivity index (χ3v) is 3.16. The highest BCUT2D eigenvalue weighted by atomic mass is 16.2. The summed E-state index contributed by atoms with van der Waals surface area (Å²) >= 11 is 0. The van der Waals surface area contributed by atoms with Crippen LogP contribution in [0.4, 0.5) is 0 Å². The molecule has 0 unspecified atom stereocenters. The Morgan fingerprint density at radius 1 is 1.38 bits per heavy atom. The number of nitrogens with zero attached hydrogens (tertiary/aromatic N) is 1. The van der Waals surface area contributed by atoms with Gasteiger partial charge in [-0.1, -0.05) is 6.92 Å². The van der Waals surface area contributed by atoms with Crippen molar-refractivity contribution in [3.63, 3.8) is 0 Å². The van der Waals surface area contributed by atoms with Crippen molar-refractivity contribution in [2.75, 3.05) is 39.3 Å². The lowest BCUT2D eigenvalue weighted by atomic mass is 9.97. The second-order valence-electron chi connectivity index (χ2n) is 4.47. The number of amides is 1. The van der Waals surface area contributed by atoms with Crippen LogP contribution in [0.1, 0.15) is 26.7 Å². The number of piperidine rings is 1. The minimum atomic E-state index is 0.151. The zero-order valence-electron chi connectivity index (χ0n) is 10.6. The van der Waals surface area contributed by atoms with Gasteiger partial charge in [0.15, 0.2) is 0 Å². The second-order valence-corrected chi connectivity index (χ2v) is 4.47. The molecule has 0 aromatic heterocycles. The monoisotopic (exact) mass is 227 g/mol. The molecule has 0 aromatic rings. The second kappa shape index (κ2) is 7.63. The fourth-order valence-electron chi connectivity index (χ4n) is 2.19.